The predicted octanol–water partition coefficient (Wildman–Crippen LogP) is 3.36. The molecule has 1 rings (SSSR count). The minimum absolute atomic E-state index is 0.00374. The lowest BCUT2D eigenvalue weighted by Gasteiger charge is -2.12. The number of ether oxygens (including phenoxy) is 1. The highest BCUT2D eigenvalue weighted by Crippen LogP contribution is 2.17. The molecule has 1 amide bonds. The topological polar surface area (TPSA) is 50.4 Å². The Morgan fingerprint density at radius 1 is 1.19 bits per heavy atom. The summed E-state index contributed by atoms with van der Waals surface area (Å²) in [5.74, 6) is 0.00374. The van der Waals surface area contributed by atoms with E-state index in [0.717, 1.165) is 55.6 Å². The molecule has 0 fully saturated rings. The van der Waals surface area contributed by atoms with E-state index in [0.29, 0.717) is 6.54 Å². The van der Waals surface area contributed by atoms with Crippen molar-refractivity contribution in [3.8, 4) is 0 Å². The van der Waals surface area contributed by atoms with Gasteiger partial charge < -0.3 is 15.4 Å². The van der Waals surface area contributed by atoms with Crippen LogP contribution < -0.4 is 10.6 Å². The molecule has 0 atom stereocenters. The molecule has 0 radical (unpaired) electrons. The van der Waals surface area contributed by atoms with Crippen molar-refractivity contribution in [2.75, 3.05) is 32.1 Å². The molecule has 1 aromatic carbocycles. The number of unbranched alkanes of at least 4 members (excludes halogenated alkanes) is 2. The van der Waals surface area contributed by atoms with Gasteiger partial charge in [-0.3, -0.25) is 4.79 Å². The average Bonchev–Trinajstić information content (AvgIpc) is 2.49. The van der Waals surface area contributed by atoms with Crippen LogP contribution in [0.1, 0.15) is 48.5 Å². The van der Waals surface area contributed by atoms with Crippen LogP contribution in [0.2, 0.25) is 0 Å². The Labute approximate surface area is 128 Å². The van der Waals surface area contributed by atoms with Gasteiger partial charge in [0.2, 0.25) is 0 Å². The second-order valence-corrected chi connectivity index (χ2v) is 5.29. The van der Waals surface area contributed by atoms with Crippen LogP contribution in [-0.2, 0) is 4.74 Å². The molecule has 0 aliphatic heterocycles. The van der Waals surface area contributed by atoms with Crippen molar-refractivity contribution in [2.45, 2.75) is 39.5 Å². The molecule has 0 aliphatic carbocycles. The molecule has 4 nitrogen and oxygen atoms in total. The van der Waals surface area contributed by atoms with Crippen LogP contribution in [-0.4, -0.2) is 32.7 Å². The summed E-state index contributed by atoms with van der Waals surface area (Å²) >= 11 is 0. The third-order valence-corrected chi connectivity index (χ3v) is 3.30. The number of carbonyl (C=O) groups excluding carboxylic acids is 1. The Bertz CT molecular complexity index is 433. The number of hydrogen-bond acceptors (Lipinski definition) is 3. The van der Waals surface area contributed by atoms with Crippen molar-refractivity contribution in [1.82, 2.24) is 5.32 Å². The first kappa shape index (κ1) is 17.5. The lowest BCUT2D eigenvalue weighted by atomic mass is 10.1. The van der Waals surface area contributed by atoms with Gasteiger partial charge >= 0.3 is 0 Å². The molecule has 0 saturated carbocycles. The first-order chi connectivity index (χ1) is 10.2. The monoisotopic (exact) mass is 292 g/mol. The molecule has 0 aromatic heterocycles. The molecule has 0 heterocycles. The Balaban J connectivity index is 2.50. The van der Waals surface area contributed by atoms with Crippen LogP contribution in [0.3, 0.4) is 0 Å². The number of hydrogen-bond donors (Lipinski definition) is 2. The van der Waals surface area contributed by atoms with E-state index in [1.807, 2.05) is 25.1 Å². The SMILES string of the molecule is CCCNc1ccc(C)cc1C(=O)NCCCCCOC. The summed E-state index contributed by atoms with van der Waals surface area (Å²) in [4.78, 5) is 12.3. The van der Waals surface area contributed by atoms with Crippen LogP contribution >= 0.6 is 0 Å². The van der Waals surface area contributed by atoms with E-state index in [1.165, 1.54) is 0 Å². The van der Waals surface area contributed by atoms with Gasteiger partial charge in [0.15, 0.2) is 0 Å². The average molecular weight is 292 g/mol. The maximum Gasteiger partial charge on any atom is 0.253 e. The van der Waals surface area contributed by atoms with Crippen molar-refractivity contribution in [1.29, 1.82) is 0 Å². The fourth-order valence-corrected chi connectivity index (χ4v) is 2.11. The van der Waals surface area contributed by atoms with E-state index in [1.54, 1.807) is 7.11 Å². The van der Waals surface area contributed by atoms with Crippen LogP contribution in [0.25, 0.3) is 0 Å². The summed E-state index contributed by atoms with van der Waals surface area (Å²) in [6.45, 7) is 6.49. The van der Waals surface area contributed by atoms with Gasteiger partial charge in [0.1, 0.15) is 0 Å². The van der Waals surface area contributed by atoms with Crippen molar-refractivity contribution in [3.05, 3.63) is 29.3 Å². The van der Waals surface area contributed by atoms with Gasteiger partial charge in [-0.15, -0.1) is 0 Å². The molecule has 0 unspecified atom stereocenters. The number of amides is 1. The Morgan fingerprint density at radius 3 is 2.71 bits per heavy atom. The highest BCUT2D eigenvalue weighted by atomic mass is 16.5. The maximum absolute atomic E-state index is 12.3. The summed E-state index contributed by atoms with van der Waals surface area (Å²) in [6.07, 6.45) is 4.13. The van der Waals surface area contributed by atoms with E-state index in [9.17, 15) is 4.79 Å². The Hall–Kier alpha value is -1.55. The standard InChI is InChI=1S/C17H28N2O2/c1-4-10-18-16-9-8-14(2)13-15(16)17(20)19-11-6-5-7-12-21-3/h8-9,13,18H,4-7,10-12H2,1-3H3,(H,19,20). The summed E-state index contributed by atoms with van der Waals surface area (Å²) in [5, 5.41) is 6.31. The largest absolute Gasteiger partial charge is 0.385 e. The van der Waals surface area contributed by atoms with Crippen LogP contribution in [0.15, 0.2) is 18.2 Å². The molecule has 2 N–H and O–H groups in total. The summed E-state index contributed by atoms with van der Waals surface area (Å²) < 4.78 is 5.01. The fraction of sp³-hybridized carbons (Fsp3) is 0.588. The zero-order valence-electron chi connectivity index (χ0n) is 13.5. The highest BCUT2D eigenvalue weighted by Gasteiger charge is 2.10. The van der Waals surface area contributed by atoms with E-state index < -0.39 is 0 Å². The molecule has 118 valence electrons. The zero-order chi connectivity index (χ0) is 15.5. The number of aryl methyl sites for hydroxylation is 1. The third kappa shape index (κ3) is 6.63. The van der Waals surface area contributed by atoms with Crippen LogP contribution in [0, 0.1) is 6.92 Å². The lowest BCUT2D eigenvalue weighted by Crippen LogP contribution is -2.25. The number of methoxy groups -OCH3 is 1. The second-order valence-electron chi connectivity index (χ2n) is 5.29. The first-order valence-electron chi connectivity index (χ1n) is 7.80. The van der Waals surface area contributed by atoms with Gasteiger partial charge in [-0.1, -0.05) is 18.6 Å². The molecule has 0 spiro atoms. The fourth-order valence-electron chi connectivity index (χ4n) is 2.11. The van der Waals surface area contributed by atoms with Gasteiger partial charge in [0.25, 0.3) is 5.91 Å². The minimum atomic E-state index is 0.00374. The lowest BCUT2D eigenvalue weighted by molar-refractivity contribution is 0.0953. The van der Waals surface area contributed by atoms with Crippen LogP contribution in [0.4, 0.5) is 5.69 Å². The predicted molar refractivity (Wildman–Crippen MR) is 88.0 cm³/mol. The second kappa shape index (κ2) is 10.2. The first-order valence-corrected chi connectivity index (χ1v) is 7.80. The Kier molecular flexibility index (Phi) is 8.51. The van der Waals surface area contributed by atoms with Crippen molar-refractivity contribution >= 4 is 11.6 Å². The smallest absolute Gasteiger partial charge is 0.253 e. The van der Waals surface area contributed by atoms with Gasteiger partial charge in [0, 0.05) is 32.5 Å². The normalized spacial score (nSPS) is 10.4. The molecule has 0 aliphatic rings. The van der Waals surface area contributed by atoms with E-state index >= 15 is 0 Å². The highest BCUT2D eigenvalue weighted by molar-refractivity contribution is 5.99. The number of anilines is 1. The molecular formula is C17H28N2O2. The molecule has 0 bridgehead atoms. The van der Waals surface area contributed by atoms with E-state index in [4.69, 9.17) is 4.74 Å². The molecule has 1 aromatic rings. The van der Waals surface area contributed by atoms with Gasteiger partial charge in [0.05, 0.1) is 5.56 Å². The molecular weight excluding hydrogens is 264 g/mol. The van der Waals surface area contributed by atoms with Crippen molar-refractivity contribution in [3.63, 3.8) is 0 Å². The zero-order valence-corrected chi connectivity index (χ0v) is 13.5. The van der Waals surface area contributed by atoms with E-state index in [2.05, 4.69) is 17.6 Å². The summed E-state index contributed by atoms with van der Waals surface area (Å²) in [7, 11) is 1.71. The number of benzene rings is 1. The summed E-state index contributed by atoms with van der Waals surface area (Å²) in [6, 6.07) is 5.95. The van der Waals surface area contributed by atoms with Crippen LogP contribution in [0.5, 0.6) is 0 Å². The quantitative estimate of drug-likeness (QED) is 0.650. The van der Waals surface area contributed by atoms with Gasteiger partial charge in [-0.05, 0) is 44.7 Å². The minimum Gasteiger partial charge on any atom is -0.385 e. The molecule has 4 heteroatoms. The number of rotatable bonds is 10. The number of carbonyl (C=O) groups is 1. The van der Waals surface area contributed by atoms with Gasteiger partial charge in [-0.25, -0.2) is 0 Å². The van der Waals surface area contributed by atoms with Crippen molar-refractivity contribution < 1.29 is 9.53 Å². The Morgan fingerprint density at radius 2 is 2.00 bits per heavy atom. The van der Waals surface area contributed by atoms with Gasteiger partial charge in [-0.2, -0.15) is 0 Å². The maximum atomic E-state index is 12.3. The molecule has 0 saturated heterocycles. The number of nitrogens with one attached hydrogen (secondary N) is 2. The third-order valence-electron chi connectivity index (χ3n) is 3.30. The summed E-state index contributed by atoms with van der Waals surface area (Å²) in [5.41, 5.74) is 2.75. The van der Waals surface area contributed by atoms with Crippen molar-refractivity contribution in [2.24, 2.45) is 0 Å². The van der Waals surface area contributed by atoms with E-state index in [-0.39, 0.29) is 5.91 Å². The molecule has 21 heavy (non-hydrogen) atoms.